The van der Waals surface area contributed by atoms with E-state index in [-0.39, 0.29) is 24.5 Å². The zero-order valence-corrected chi connectivity index (χ0v) is 14.0. The zero-order valence-electron chi connectivity index (χ0n) is 13.2. The molecule has 1 fully saturated rings. The van der Waals surface area contributed by atoms with Crippen LogP contribution in [0.5, 0.6) is 0 Å². The van der Waals surface area contributed by atoms with Crippen molar-refractivity contribution in [3.05, 3.63) is 35.5 Å². The minimum Gasteiger partial charge on any atom is -0.389 e. The van der Waals surface area contributed by atoms with Crippen LogP contribution in [0.3, 0.4) is 0 Å². The van der Waals surface area contributed by atoms with Crippen LogP contribution in [0.4, 0.5) is 14.7 Å². The van der Waals surface area contributed by atoms with E-state index in [9.17, 15) is 13.9 Å². The summed E-state index contributed by atoms with van der Waals surface area (Å²) in [6.45, 7) is 0.768. The Balaban J connectivity index is 1.82. The molecule has 0 amide bonds. The van der Waals surface area contributed by atoms with Gasteiger partial charge in [-0.15, -0.1) is 11.8 Å². The predicted octanol–water partition coefficient (Wildman–Crippen LogP) is 3.08. The van der Waals surface area contributed by atoms with Crippen molar-refractivity contribution < 1.29 is 13.9 Å². The number of rotatable bonds is 3. The van der Waals surface area contributed by atoms with E-state index in [0.29, 0.717) is 24.3 Å². The molecule has 4 nitrogen and oxygen atoms in total. The summed E-state index contributed by atoms with van der Waals surface area (Å²) in [6, 6.07) is 7.77. The van der Waals surface area contributed by atoms with Crippen molar-refractivity contribution in [1.82, 2.24) is 9.97 Å². The first-order chi connectivity index (χ1) is 11.5. The number of fused-ring (bicyclic) bond motifs is 1. The number of hydrogen-bond donors (Lipinski definition) is 1. The van der Waals surface area contributed by atoms with E-state index in [2.05, 4.69) is 9.97 Å². The molecule has 2 aliphatic rings. The summed E-state index contributed by atoms with van der Waals surface area (Å²) in [6.07, 6.45) is 1.61. The van der Waals surface area contributed by atoms with Crippen LogP contribution in [0.1, 0.15) is 17.7 Å². The molecular formula is C17H17F2N3OS. The molecule has 0 saturated carbocycles. The van der Waals surface area contributed by atoms with Gasteiger partial charge < -0.3 is 10.0 Å². The van der Waals surface area contributed by atoms with Crippen LogP contribution in [0.25, 0.3) is 11.3 Å². The molecule has 0 bridgehead atoms. The number of alkyl halides is 2. The molecule has 2 heterocycles. The van der Waals surface area contributed by atoms with Gasteiger partial charge in [0.05, 0.1) is 11.8 Å². The lowest BCUT2D eigenvalue weighted by Gasteiger charge is -2.36. The maximum atomic E-state index is 14.2. The van der Waals surface area contributed by atoms with Gasteiger partial charge in [0.25, 0.3) is 5.92 Å². The molecule has 1 aliphatic heterocycles. The van der Waals surface area contributed by atoms with Crippen molar-refractivity contribution >= 4 is 17.7 Å². The number of aromatic nitrogens is 2. The molecule has 24 heavy (non-hydrogen) atoms. The van der Waals surface area contributed by atoms with Gasteiger partial charge in [0.2, 0.25) is 5.95 Å². The molecule has 2 aromatic rings. The summed E-state index contributed by atoms with van der Waals surface area (Å²) in [4.78, 5) is 11.5. The van der Waals surface area contributed by atoms with Gasteiger partial charge in [-0.1, -0.05) is 12.1 Å². The van der Waals surface area contributed by atoms with E-state index in [1.165, 1.54) is 0 Å². The van der Waals surface area contributed by atoms with Crippen molar-refractivity contribution in [2.45, 2.75) is 29.8 Å². The van der Waals surface area contributed by atoms with Gasteiger partial charge in [-0.2, -0.15) is 8.78 Å². The van der Waals surface area contributed by atoms with Gasteiger partial charge in [-0.05, 0) is 24.8 Å². The average Bonchev–Trinajstić information content (AvgIpc) is 2.86. The minimum absolute atomic E-state index is 0.155. The van der Waals surface area contributed by atoms with E-state index < -0.39 is 12.0 Å². The number of anilines is 1. The molecule has 1 N–H and O–H groups in total. The lowest BCUT2D eigenvalue weighted by molar-refractivity contribution is -0.00596. The highest BCUT2D eigenvalue weighted by Gasteiger charge is 2.44. The van der Waals surface area contributed by atoms with Crippen LogP contribution in [-0.4, -0.2) is 40.5 Å². The molecule has 4 rings (SSSR count). The summed E-state index contributed by atoms with van der Waals surface area (Å²) in [5.74, 6) is -2.63. The van der Waals surface area contributed by atoms with Crippen LogP contribution in [0.2, 0.25) is 0 Å². The second-order valence-electron chi connectivity index (χ2n) is 6.19. The van der Waals surface area contributed by atoms with E-state index in [1.54, 1.807) is 16.7 Å². The third-order valence-corrected chi connectivity index (χ3v) is 5.28. The number of aliphatic hydroxyl groups is 1. The predicted molar refractivity (Wildman–Crippen MR) is 89.7 cm³/mol. The maximum absolute atomic E-state index is 14.2. The summed E-state index contributed by atoms with van der Waals surface area (Å²) in [5.41, 5.74) is 1.80. The summed E-state index contributed by atoms with van der Waals surface area (Å²) < 4.78 is 28.5. The first-order valence-electron chi connectivity index (χ1n) is 7.84. The van der Waals surface area contributed by atoms with Crippen LogP contribution in [0.15, 0.2) is 29.2 Å². The maximum Gasteiger partial charge on any atom is 0.290 e. The molecule has 0 unspecified atom stereocenters. The summed E-state index contributed by atoms with van der Waals surface area (Å²) in [5, 5.41) is 9.47. The quantitative estimate of drug-likeness (QED) is 0.863. The molecular weight excluding hydrogens is 332 g/mol. The summed E-state index contributed by atoms with van der Waals surface area (Å²) >= 11 is 1.63. The van der Waals surface area contributed by atoms with Crippen molar-refractivity contribution in [3.8, 4) is 11.3 Å². The van der Waals surface area contributed by atoms with Gasteiger partial charge >= 0.3 is 0 Å². The molecule has 0 atom stereocenters. The van der Waals surface area contributed by atoms with Crippen LogP contribution >= 0.6 is 11.8 Å². The van der Waals surface area contributed by atoms with Crippen molar-refractivity contribution in [2.24, 2.45) is 0 Å². The standard InChI is InChI=1S/C17H17F2N3OS/c1-24-12-4-2-10(3-5-12)14-13-6-7-17(18,19)15(13)21-16(20-14)22-8-11(23)9-22/h2-5,11,23H,6-9H2,1H3. The van der Waals surface area contributed by atoms with E-state index in [0.717, 1.165) is 10.5 Å². The highest BCUT2D eigenvalue weighted by atomic mass is 32.2. The number of aliphatic hydroxyl groups excluding tert-OH is 1. The van der Waals surface area contributed by atoms with Gasteiger partial charge in [0.15, 0.2) is 0 Å². The Morgan fingerprint density at radius 2 is 1.92 bits per heavy atom. The SMILES string of the molecule is CSc1ccc(-c2nc(N3CC(O)C3)nc3c2CCC3(F)F)cc1. The molecule has 1 saturated heterocycles. The van der Waals surface area contributed by atoms with E-state index in [4.69, 9.17) is 0 Å². The van der Waals surface area contributed by atoms with Crippen molar-refractivity contribution in [1.29, 1.82) is 0 Å². The Hall–Kier alpha value is -1.73. The second kappa shape index (κ2) is 5.67. The topological polar surface area (TPSA) is 49.2 Å². The largest absolute Gasteiger partial charge is 0.389 e. The Kier molecular flexibility index (Phi) is 3.73. The van der Waals surface area contributed by atoms with Gasteiger partial charge in [0.1, 0.15) is 5.69 Å². The van der Waals surface area contributed by atoms with Crippen LogP contribution in [-0.2, 0) is 12.3 Å². The fourth-order valence-corrected chi connectivity index (χ4v) is 3.57. The molecule has 1 aromatic carbocycles. The van der Waals surface area contributed by atoms with Gasteiger partial charge in [0, 0.05) is 35.5 Å². The Morgan fingerprint density at radius 3 is 2.54 bits per heavy atom. The van der Waals surface area contributed by atoms with E-state index in [1.807, 2.05) is 30.5 Å². The number of β-amino-alcohol motifs (C(OH)–C–C–N with tert-alkyl or cyclic N) is 1. The van der Waals surface area contributed by atoms with Crippen molar-refractivity contribution in [2.75, 3.05) is 24.2 Å². The zero-order chi connectivity index (χ0) is 16.9. The Labute approximate surface area is 142 Å². The second-order valence-corrected chi connectivity index (χ2v) is 7.07. The number of hydrogen-bond acceptors (Lipinski definition) is 5. The monoisotopic (exact) mass is 349 g/mol. The normalized spacial score (nSPS) is 19.2. The lowest BCUT2D eigenvalue weighted by Crippen LogP contribution is -2.51. The van der Waals surface area contributed by atoms with Crippen LogP contribution in [0, 0.1) is 0 Å². The van der Waals surface area contributed by atoms with E-state index >= 15 is 0 Å². The molecule has 0 radical (unpaired) electrons. The van der Waals surface area contributed by atoms with Crippen molar-refractivity contribution in [3.63, 3.8) is 0 Å². The number of halogens is 2. The fraction of sp³-hybridized carbons (Fsp3) is 0.412. The molecule has 7 heteroatoms. The number of thioether (sulfide) groups is 1. The van der Waals surface area contributed by atoms with Crippen LogP contribution < -0.4 is 4.90 Å². The highest BCUT2D eigenvalue weighted by Crippen LogP contribution is 2.44. The molecule has 1 aromatic heterocycles. The number of nitrogens with zero attached hydrogens (tertiary/aromatic N) is 3. The lowest BCUT2D eigenvalue weighted by atomic mass is 10.0. The Bertz CT molecular complexity index is 776. The average molecular weight is 349 g/mol. The highest BCUT2D eigenvalue weighted by molar-refractivity contribution is 7.98. The molecule has 1 aliphatic carbocycles. The smallest absolute Gasteiger partial charge is 0.290 e. The first-order valence-corrected chi connectivity index (χ1v) is 9.07. The first kappa shape index (κ1) is 15.8. The number of benzene rings is 1. The summed E-state index contributed by atoms with van der Waals surface area (Å²) in [7, 11) is 0. The molecule has 0 spiro atoms. The minimum atomic E-state index is -2.91. The fourth-order valence-electron chi connectivity index (χ4n) is 3.16. The molecule has 126 valence electrons. The Morgan fingerprint density at radius 1 is 1.21 bits per heavy atom. The van der Waals surface area contributed by atoms with Gasteiger partial charge in [-0.25, -0.2) is 9.97 Å². The van der Waals surface area contributed by atoms with Gasteiger partial charge in [-0.3, -0.25) is 0 Å². The third kappa shape index (κ3) is 2.56. The third-order valence-electron chi connectivity index (χ3n) is 4.54.